The van der Waals surface area contributed by atoms with Crippen LogP contribution in [0.3, 0.4) is 0 Å². The first kappa shape index (κ1) is 19.2. The summed E-state index contributed by atoms with van der Waals surface area (Å²) in [6.45, 7) is 9.14. The third-order valence-corrected chi connectivity index (χ3v) is 5.72. The maximum absolute atomic E-state index is 12.6. The molecule has 1 N–H and O–H groups in total. The number of rotatable bonds is 8. The van der Waals surface area contributed by atoms with Gasteiger partial charge in [-0.05, 0) is 83.0 Å². The lowest BCUT2D eigenvalue weighted by molar-refractivity contribution is -0.155. The average molecular weight is 360 g/mol. The number of nitrogens with one attached hydrogen (secondary N) is 1. The van der Waals surface area contributed by atoms with E-state index in [4.69, 9.17) is 9.47 Å². The maximum atomic E-state index is 12.6. The summed E-state index contributed by atoms with van der Waals surface area (Å²) in [5.41, 5.74) is 0.589. The smallest absolute Gasteiger partial charge is 0.312 e. The minimum Gasteiger partial charge on any atom is -0.477 e. The van der Waals surface area contributed by atoms with Gasteiger partial charge in [-0.2, -0.15) is 0 Å². The molecule has 2 heterocycles. The van der Waals surface area contributed by atoms with Crippen LogP contribution in [0.1, 0.15) is 57.9 Å². The Morgan fingerprint density at radius 1 is 1.31 bits per heavy atom. The zero-order valence-electron chi connectivity index (χ0n) is 16.3. The van der Waals surface area contributed by atoms with Crippen molar-refractivity contribution >= 4 is 5.97 Å². The Balaban J connectivity index is 1.72. The van der Waals surface area contributed by atoms with Crippen LogP contribution in [0, 0.1) is 17.3 Å². The van der Waals surface area contributed by atoms with E-state index in [1.165, 1.54) is 12.8 Å². The second kappa shape index (κ2) is 8.38. The van der Waals surface area contributed by atoms with E-state index < -0.39 is 5.41 Å². The van der Waals surface area contributed by atoms with E-state index >= 15 is 0 Å². The number of carbonyl (C=O) groups excluding carboxylic acids is 1. The van der Waals surface area contributed by atoms with Crippen LogP contribution in [0.5, 0.6) is 5.88 Å². The van der Waals surface area contributed by atoms with Gasteiger partial charge in [-0.1, -0.05) is 0 Å². The summed E-state index contributed by atoms with van der Waals surface area (Å²) in [6, 6.07) is 4.06. The number of carbonyl (C=O) groups is 1. The van der Waals surface area contributed by atoms with Crippen molar-refractivity contribution in [3.8, 4) is 5.88 Å². The Labute approximate surface area is 156 Å². The van der Waals surface area contributed by atoms with Gasteiger partial charge in [0.2, 0.25) is 5.88 Å². The van der Waals surface area contributed by atoms with Gasteiger partial charge in [0, 0.05) is 18.2 Å². The number of hydrogen-bond acceptors (Lipinski definition) is 5. The summed E-state index contributed by atoms with van der Waals surface area (Å²) in [5, 5.41) is 3.38. The molecule has 2 aliphatic rings. The van der Waals surface area contributed by atoms with E-state index in [1.807, 2.05) is 39.1 Å². The fourth-order valence-corrected chi connectivity index (χ4v) is 4.10. The van der Waals surface area contributed by atoms with Gasteiger partial charge in [-0.3, -0.25) is 4.79 Å². The van der Waals surface area contributed by atoms with E-state index in [-0.39, 0.29) is 11.9 Å². The third-order valence-electron chi connectivity index (χ3n) is 5.72. The molecular weight excluding hydrogens is 328 g/mol. The van der Waals surface area contributed by atoms with Crippen LogP contribution in [0.2, 0.25) is 0 Å². The van der Waals surface area contributed by atoms with Crippen molar-refractivity contribution in [2.45, 2.75) is 52.4 Å². The van der Waals surface area contributed by atoms with Gasteiger partial charge >= 0.3 is 5.97 Å². The molecule has 5 heteroatoms. The van der Waals surface area contributed by atoms with Crippen LogP contribution in [0.15, 0.2) is 18.3 Å². The van der Waals surface area contributed by atoms with Crippen LogP contribution in [0.4, 0.5) is 0 Å². The summed E-state index contributed by atoms with van der Waals surface area (Å²) in [6.07, 6.45) is 6.45. The summed E-state index contributed by atoms with van der Waals surface area (Å²) in [5.74, 6) is 1.83. The van der Waals surface area contributed by atoms with Crippen LogP contribution in [0.25, 0.3) is 0 Å². The van der Waals surface area contributed by atoms with E-state index in [1.54, 1.807) is 0 Å². The first-order valence-electron chi connectivity index (χ1n) is 9.99. The molecule has 2 fully saturated rings. The predicted molar refractivity (Wildman–Crippen MR) is 101 cm³/mol. The molecule has 1 aromatic heterocycles. The molecule has 0 aromatic carbocycles. The number of hydrogen-bond donors (Lipinski definition) is 1. The fraction of sp³-hybridized carbons (Fsp3) is 0.714. The highest BCUT2D eigenvalue weighted by atomic mass is 16.5. The highest BCUT2D eigenvalue weighted by Crippen LogP contribution is 2.52. The summed E-state index contributed by atoms with van der Waals surface area (Å²) in [7, 11) is 0. The predicted octanol–water partition coefficient (Wildman–Crippen LogP) is 3.54. The topological polar surface area (TPSA) is 60.5 Å². The molecule has 1 aliphatic carbocycles. The van der Waals surface area contributed by atoms with E-state index in [2.05, 4.69) is 10.3 Å². The Hall–Kier alpha value is -1.62. The molecule has 1 saturated carbocycles. The second-order valence-corrected chi connectivity index (χ2v) is 8.19. The normalized spacial score (nSPS) is 19.8. The molecule has 1 unspecified atom stereocenters. The first-order valence-corrected chi connectivity index (χ1v) is 9.99. The molecule has 1 saturated heterocycles. The molecule has 1 aromatic rings. The zero-order valence-corrected chi connectivity index (χ0v) is 16.3. The summed E-state index contributed by atoms with van der Waals surface area (Å²) in [4.78, 5) is 16.9. The number of ether oxygens (including phenoxy) is 2. The fourth-order valence-electron chi connectivity index (χ4n) is 4.10. The summed E-state index contributed by atoms with van der Waals surface area (Å²) >= 11 is 0. The van der Waals surface area contributed by atoms with Crippen molar-refractivity contribution in [1.82, 2.24) is 10.3 Å². The highest BCUT2D eigenvalue weighted by Gasteiger charge is 2.47. The number of piperidine rings is 1. The molecule has 26 heavy (non-hydrogen) atoms. The van der Waals surface area contributed by atoms with Gasteiger partial charge in [-0.15, -0.1) is 0 Å². The van der Waals surface area contributed by atoms with Crippen molar-refractivity contribution < 1.29 is 14.3 Å². The van der Waals surface area contributed by atoms with Crippen molar-refractivity contribution in [2.24, 2.45) is 17.3 Å². The lowest BCUT2D eigenvalue weighted by Crippen LogP contribution is -2.34. The molecule has 0 amide bonds. The maximum Gasteiger partial charge on any atom is 0.312 e. The first-order chi connectivity index (χ1) is 12.5. The Bertz CT molecular complexity index is 607. The highest BCUT2D eigenvalue weighted by molar-refractivity contribution is 5.77. The largest absolute Gasteiger partial charge is 0.477 e. The van der Waals surface area contributed by atoms with Gasteiger partial charge in [0.05, 0.1) is 18.6 Å². The molecule has 1 aliphatic heterocycles. The third kappa shape index (κ3) is 4.56. The molecule has 0 radical (unpaired) electrons. The average Bonchev–Trinajstić information content (AvgIpc) is 3.46. The van der Waals surface area contributed by atoms with Gasteiger partial charge in [0.15, 0.2) is 0 Å². The molecule has 1 atom stereocenters. The quantitative estimate of drug-likeness (QED) is 0.719. The molecule has 144 valence electrons. The number of aromatic nitrogens is 1. The molecule has 3 rings (SSSR count). The van der Waals surface area contributed by atoms with E-state index in [9.17, 15) is 4.79 Å². The van der Waals surface area contributed by atoms with Crippen molar-refractivity contribution in [3.05, 3.63) is 23.9 Å². The van der Waals surface area contributed by atoms with Crippen LogP contribution in [-0.2, 0) is 9.53 Å². The number of nitrogens with zero attached hydrogens (tertiary/aromatic N) is 1. The van der Waals surface area contributed by atoms with Gasteiger partial charge in [-0.25, -0.2) is 4.98 Å². The number of pyridine rings is 1. The summed E-state index contributed by atoms with van der Waals surface area (Å²) < 4.78 is 11.4. The van der Waals surface area contributed by atoms with Gasteiger partial charge < -0.3 is 14.8 Å². The van der Waals surface area contributed by atoms with E-state index in [0.717, 1.165) is 31.5 Å². The van der Waals surface area contributed by atoms with Crippen molar-refractivity contribution in [2.75, 3.05) is 26.3 Å². The molecule has 0 bridgehead atoms. The molecule has 0 spiro atoms. The van der Waals surface area contributed by atoms with Crippen LogP contribution >= 0.6 is 0 Å². The standard InChI is InChI=1S/C21H32N2O3/c1-4-25-20(24)21(2,3)19(16-5-6-16)17-9-12-23-18(13-17)26-14-15-7-10-22-11-8-15/h9,12-13,15-16,19,22H,4-8,10-11,14H2,1-3H3. The van der Waals surface area contributed by atoms with Crippen LogP contribution in [-0.4, -0.2) is 37.3 Å². The SMILES string of the molecule is CCOC(=O)C(C)(C)C(c1ccnc(OCC2CCNCC2)c1)C1CC1. The second-order valence-electron chi connectivity index (χ2n) is 8.19. The minimum absolute atomic E-state index is 0.120. The minimum atomic E-state index is -0.551. The Morgan fingerprint density at radius 2 is 2.04 bits per heavy atom. The van der Waals surface area contributed by atoms with E-state index in [0.29, 0.717) is 30.9 Å². The van der Waals surface area contributed by atoms with Crippen LogP contribution < -0.4 is 10.1 Å². The van der Waals surface area contributed by atoms with Crippen molar-refractivity contribution in [3.63, 3.8) is 0 Å². The Morgan fingerprint density at radius 3 is 2.69 bits per heavy atom. The molecular formula is C21H32N2O3. The zero-order chi connectivity index (χ0) is 18.6. The lowest BCUT2D eigenvalue weighted by Gasteiger charge is -2.33. The number of esters is 1. The van der Waals surface area contributed by atoms with Gasteiger partial charge in [0.1, 0.15) is 0 Å². The van der Waals surface area contributed by atoms with Crippen molar-refractivity contribution in [1.29, 1.82) is 0 Å². The monoisotopic (exact) mass is 360 g/mol. The van der Waals surface area contributed by atoms with Gasteiger partial charge in [0.25, 0.3) is 0 Å². The Kier molecular flexibility index (Phi) is 6.17. The lowest BCUT2D eigenvalue weighted by atomic mass is 9.72. The molecule has 5 nitrogen and oxygen atoms in total.